The Morgan fingerprint density at radius 1 is 0.690 bits per heavy atom. The van der Waals surface area contributed by atoms with Crippen molar-refractivity contribution >= 4 is 5.97 Å². The molecule has 0 radical (unpaired) electrons. The maximum absolute atomic E-state index is 10.7. The molecule has 0 spiro atoms. The molecule has 29 heavy (non-hydrogen) atoms. The minimum Gasteiger partial charge on any atom is -0.465 e. The van der Waals surface area contributed by atoms with E-state index in [1.807, 2.05) is 13.8 Å². The van der Waals surface area contributed by atoms with E-state index in [-0.39, 0.29) is 25.7 Å². The summed E-state index contributed by atoms with van der Waals surface area (Å²) in [5.74, 6) is -0.291. The van der Waals surface area contributed by atoms with Gasteiger partial charge in [-0.2, -0.15) is 0 Å². The molecule has 0 aliphatic rings. The van der Waals surface area contributed by atoms with Crippen LogP contribution in [0.25, 0.3) is 0 Å². The van der Waals surface area contributed by atoms with Gasteiger partial charge in [-0.3, -0.25) is 4.79 Å². The second-order valence-corrected chi connectivity index (χ2v) is 6.45. The van der Waals surface area contributed by atoms with E-state index in [9.17, 15) is 4.79 Å². The number of carbonyl (C=O) groups excluding carboxylic acids is 1. The summed E-state index contributed by atoms with van der Waals surface area (Å²) in [5.41, 5.74) is 5.13. The van der Waals surface area contributed by atoms with Crippen molar-refractivity contribution in [1.29, 1.82) is 0 Å². The number of aliphatic hydroxyl groups is 2. The molecule has 0 heterocycles. The van der Waals surface area contributed by atoms with Crippen LogP contribution in [0.2, 0.25) is 0 Å². The van der Waals surface area contributed by atoms with Crippen molar-refractivity contribution in [2.45, 2.75) is 85.0 Å². The standard InChI is InChI=1S/C14H29NO2.C4H10O3.C4H10O/c1-2-3-4-5-6-7-8-9-10-11-12-17-14(16)13-15;5-1-3-7-4-2-6;1-3-5-4-2/h2-13,15H2,1H3;5-6H,1-4H2;3-4H2,1-2H3. The molecule has 0 saturated heterocycles. The Kier molecular flexibility index (Phi) is 39.5. The van der Waals surface area contributed by atoms with Gasteiger partial charge < -0.3 is 30.2 Å². The number of hydrogen-bond acceptors (Lipinski definition) is 7. The average Bonchev–Trinajstić information content (AvgIpc) is 2.73. The lowest BCUT2D eigenvalue weighted by atomic mass is 10.1. The van der Waals surface area contributed by atoms with Gasteiger partial charge in [0.15, 0.2) is 0 Å². The predicted molar refractivity (Wildman–Crippen MR) is 119 cm³/mol. The van der Waals surface area contributed by atoms with Gasteiger partial charge in [0.05, 0.1) is 39.6 Å². The molecule has 0 fully saturated rings. The summed E-state index contributed by atoms with van der Waals surface area (Å²) < 4.78 is 14.4. The molecule has 0 aliphatic carbocycles. The van der Waals surface area contributed by atoms with Crippen molar-refractivity contribution in [2.24, 2.45) is 5.73 Å². The van der Waals surface area contributed by atoms with E-state index in [2.05, 4.69) is 11.7 Å². The van der Waals surface area contributed by atoms with E-state index in [0.29, 0.717) is 19.8 Å². The highest BCUT2D eigenvalue weighted by Crippen LogP contribution is 2.10. The third-order valence-electron chi connectivity index (χ3n) is 3.81. The van der Waals surface area contributed by atoms with Gasteiger partial charge in [-0.1, -0.05) is 64.7 Å². The van der Waals surface area contributed by atoms with Gasteiger partial charge in [-0.15, -0.1) is 0 Å². The molecule has 0 bridgehead atoms. The van der Waals surface area contributed by atoms with Gasteiger partial charge in [0.2, 0.25) is 0 Å². The smallest absolute Gasteiger partial charge is 0.319 e. The second-order valence-electron chi connectivity index (χ2n) is 6.45. The zero-order valence-electron chi connectivity index (χ0n) is 19.3. The lowest BCUT2D eigenvalue weighted by Gasteiger charge is -2.03. The Hall–Kier alpha value is -0.730. The van der Waals surface area contributed by atoms with Crippen molar-refractivity contribution in [3.8, 4) is 0 Å². The largest absolute Gasteiger partial charge is 0.465 e. The first-order chi connectivity index (χ1) is 14.1. The Morgan fingerprint density at radius 3 is 1.48 bits per heavy atom. The van der Waals surface area contributed by atoms with Crippen LogP contribution in [0.1, 0.15) is 85.0 Å². The van der Waals surface area contributed by atoms with Crippen LogP contribution in [0.15, 0.2) is 0 Å². The van der Waals surface area contributed by atoms with Crippen molar-refractivity contribution in [1.82, 2.24) is 0 Å². The third kappa shape index (κ3) is 42.4. The minimum atomic E-state index is -0.291. The zero-order chi connectivity index (χ0) is 22.4. The topological polar surface area (TPSA) is 111 Å². The quantitative estimate of drug-likeness (QED) is 0.229. The normalized spacial score (nSPS) is 9.86. The van der Waals surface area contributed by atoms with Crippen LogP contribution in [0, 0.1) is 0 Å². The van der Waals surface area contributed by atoms with Gasteiger partial charge in [0.25, 0.3) is 0 Å². The van der Waals surface area contributed by atoms with E-state index in [1.54, 1.807) is 0 Å². The molecule has 4 N–H and O–H groups in total. The van der Waals surface area contributed by atoms with Crippen molar-refractivity contribution in [2.75, 3.05) is 52.8 Å². The second kappa shape index (κ2) is 34.8. The Bertz CT molecular complexity index is 274. The van der Waals surface area contributed by atoms with Crippen LogP contribution in [0.3, 0.4) is 0 Å². The fourth-order valence-corrected chi connectivity index (χ4v) is 2.27. The summed E-state index contributed by atoms with van der Waals surface area (Å²) in [4.78, 5) is 10.7. The number of hydrogen-bond donors (Lipinski definition) is 3. The van der Waals surface area contributed by atoms with Crippen LogP contribution < -0.4 is 5.73 Å². The predicted octanol–water partition coefficient (Wildman–Crippen LogP) is 3.44. The molecule has 0 rings (SSSR count). The molecule has 7 nitrogen and oxygen atoms in total. The van der Waals surface area contributed by atoms with E-state index < -0.39 is 0 Å². The van der Waals surface area contributed by atoms with Gasteiger partial charge in [-0.05, 0) is 20.3 Å². The number of nitrogens with two attached hydrogens (primary N) is 1. The fraction of sp³-hybridized carbons (Fsp3) is 0.955. The van der Waals surface area contributed by atoms with Crippen LogP contribution in [0.4, 0.5) is 0 Å². The number of unbranched alkanes of at least 4 members (excludes halogenated alkanes) is 9. The molecule has 0 aromatic rings. The summed E-state index contributed by atoms with van der Waals surface area (Å²) in [6, 6.07) is 0. The molecule has 0 aliphatic heterocycles. The van der Waals surface area contributed by atoms with Crippen LogP contribution in [-0.2, 0) is 19.0 Å². The average molecular weight is 424 g/mol. The summed E-state index contributed by atoms with van der Waals surface area (Å²) in [6.07, 6.45) is 12.9. The zero-order valence-corrected chi connectivity index (χ0v) is 19.3. The molecule has 0 unspecified atom stereocenters. The lowest BCUT2D eigenvalue weighted by molar-refractivity contribution is -0.142. The first-order valence-corrected chi connectivity index (χ1v) is 11.4. The molecule has 0 aromatic heterocycles. The highest BCUT2D eigenvalue weighted by molar-refractivity contribution is 5.71. The number of esters is 1. The van der Waals surface area contributed by atoms with E-state index in [1.165, 1.54) is 51.4 Å². The van der Waals surface area contributed by atoms with E-state index >= 15 is 0 Å². The molecule has 7 heteroatoms. The van der Waals surface area contributed by atoms with Crippen molar-refractivity contribution in [3.63, 3.8) is 0 Å². The van der Waals surface area contributed by atoms with Crippen molar-refractivity contribution < 1.29 is 29.2 Å². The summed E-state index contributed by atoms with van der Waals surface area (Å²) in [7, 11) is 0. The summed E-state index contributed by atoms with van der Waals surface area (Å²) in [5, 5.41) is 16.2. The molecular weight excluding hydrogens is 374 g/mol. The minimum absolute atomic E-state index is 0.00222. The molecular formula is C22H49NO6. The number of carbonyl (C=O) groups is 1. The molecule has 178 valence electrons. The van der Waals surface area contributed by atoms with Crippen LogP contribution in [-0.4, -0.2) is 69.0 Å². The molecule has 0 atom stereocenters. The molecule has 0 amide bonds. The number of rotatable bonds is 18. The molecule has 0 aromatic carbocycles. The number of ether oxygens (including phenoxy) is 3. The van der Waals surface area contributed by atoms with Gasteiger partial charge in [-0.25, -0.2) is 0 Å². The number of aliphatic hydroxyl groups excluding tert-OH is 2. The summed E-state index contributed by atoms with van der Waals surface area (Å²) >= 11 is 0. The highest BCUT2D eigenvalue weighted by atomic mass is 16.5. The summed E-state index contributed by atoms with van der Waals surface area (Å²) in [6.45, 7) is 9.14. The van der Waals surface area contributed by atoms with E-state index in [0.717, 1.165) is 26.1 Å². The monoisotopic (exact) mass is 423 g/mol. The first-order valence-electron chi connectivity index (χ1n) is 11.4. The van der Waals surface area contributed by atoms with Gasteiger partial charge in [0, 0.05) is 13.2 Å². The van der Waals surface area contributed by atoms with Crippen molar-refractivity contribution in [3.05, 3.63) is 0 Å². The van der Waals surface area contributed by atoms with Crippen LogP contribution >= 0.6 is 0 Å². The third-order valence-corrected chi connectivity index (χ3v) is 3.81. The molecule has 0 saturated carbocycles. The fourth-order valence-electron chi connectivity index (χ4n) is 2.27. The first kappa shape index (κ1) is 32.9. The van der Waals surface area contributed by atoms with Crippen LogP contribution in [0.5, 0.6) is 0 Å². The Balaban J connectivity index is -0.000000461. The Labute approximate surface area is 179 Å². The maximum Gasteiger partial charge on any atom is 0.319 e. The lowest BCUT2D eigenvalue weighted by Crippen LogP contribution is -2.17. The highest BCUT2D eigenvalue weighted by Gasteiger charge is 1.97. The Morgan fingerprint density at radius 2 is 1.14 bits per heavy atom. The van der Waals surface area contributed by atoms with E-state index in [4.69, 9.17) is 25.4 Å². The van der Waals surface area contributed by atoms with Gasteiger partial charge >= 0.3 is 5.97 Å². The maximum atomic E-state index is 10.7. The SMILES string of the molecule is CCCCCCCCCCCCOC(=O)CN.CCOCC.OCCOCCO. The van der Waals surface area contributed by atoms with Gasteiger partial charge in [0.1, 0.15) is 0 Å².